The molecular weight excluding hydrogens is 424 g/mol. The summed E-state index contributed by atoms with van der Waals surface area (Å²) in [6.45, 7) is 8.86. The van der Waals surface area contributed by atoms with Crippen molar-refractivity contribution in [3.8, 4) is 5.75 Å². The smallest absolute Gasteiger partial charge is 0.270 e. The lowest BCUT2D eigenvalue weighted by Gasteiger charge is -2.38. The fraction of sp³-hybridized carbons (Fsp3) is 0.464. The van der Waals surface area contributed by atoms with Crippen molar-refractivity contribution >= 4 is 16.8 Å². The number of hydrogen-bond acceptors (Lipinski definition) is 4. The van der Waals surface area contributed by atoms with E-state index in [-0.39, 0.29) is 5.91 Å². The minimum absolute atomic E-state index is 0.104. The molecule has 3 aromatic rings. The second-order valence-electron chi connectivity index (χ2n) is 9.75. The van der Waals surface area contributed by atoms with Gasteiger partial charge in [0.05, 0.1) is 0 Å². The molecule has 2 heterocycles. The van der Waals surface area contributed by atoms with Crippen LogP contribution in [0.4, 0.5) is 0 Å². The van der Waals surface area contributed by atoms with Gasteiger partial charge >= 0.3 is 0 Å². The maximum Gasteiger partial charge on any atom is 0.270 e. The first-order valence-corrected chi connectivity index (χ1v) is 12.8. The van der Waals surface area contributed by atoms with Gasteiger partial charge in [0.25, 0.3) is 5.91 Å². The molecule has 6 nitrogen and oxygen atoms in total. The number of nitrogens with zero attached hydrogens (tertiary/aromatic N) is 3. The normalized spacial score (nSPS) is 19.0. The highest BCUT2D eigenvalue weighted by atomic mass is 16.3. The SMILES string of the molecule is CCCN(CCN1CCN(C(=O)c2cc3ccccc3[nH]2)CC1)[C@H]1CCc2c(O)cccc2C1. The maximum absolute atomic E-state index is 13.0. The van der Waals surface area contributed by atoms with E-state index in [1.807, 2.05) is 47.4 Å². The Labute approximate surface area is 202 Å². The minimum atomic E-state index is 0.104. The molecule has 2 aromatic carbocycles. The van der Waals surface area contributed by atoms with Crippen molar-refractivity contribution in [2.75, 3.05) is 45.8 Å². The Bertz CT molecular complexity index is 1100. The lowest BCUT2D eigenvalue weighted by molar-refractivity contribution is 0.0604. The quantitative estimate of drug-likeness (QED) is 0.561. The number of piperazine rings is 1. The molecule has 0 spiro atoms. The predicted molar refractivity (Wildman–Crippen MR) is 136 cm³/mol. The first-order chi connectivity index (χ1) is 16.6. The number of fused-ring (bicyclic) bond motifs is 2. The first-order valence-electron chi connectivity index (χ1n) is 12.8. The molecule has 0 radical (unpaired) electrons. The molecule has 1 aliphatic heterocycles. The van der Waals surface area contributed by atoms with Crippen LogP contribution in [0.3, 0.4) is 0 Å². The molecule has 0 bridgehead atoms. The highest BCUT2D eigenvalue weighted by molar-refractivity contribution is 5.98. The van der Waals surface area contributed by atoms with E-state index in [0.717, 1.165) is 88.0 Å². The summed E-state index contributed by atoms with van der Waals surface area (Å²) in [5, 5.41) is 11.3. The number of aromatic nitrogens is 1. The van der Waals surface area contributed by atoms with Gasteiger partial charge in [-0.1, -0.05) is 37.3 Å². The number of rotatable bonds is 7. The van der Waals surface area contributed by atoms with Crippen LogP contribution in [0.2, 0.25) is 0 Å². The average Bonchev–Trinajstić information content (AvgIpc) is 3.31. The predicted octanol–water partition coefficient (Wildman–Crippen LogP) is 3.90. The first kappa shape index (κ1) is 22.9. The highest BCUT2D eigenvalue weighted by Crippen LogP contribution is 2.30. The largest absolute Gasteiger partial charge is 0.508 e. The van der Waals surface area contributed by atoms with Crippen LogP contribution in [0.15, 0.2) is 48.5 Å². The van der Waals surface area contributed by atoms with Crippen molar-refractivity contribution in [3.63, 3.8) is 0 Å². The molecule has 1 saturated heterocycles. The van der Waals surface area contributed by atoms with Crippen molar-refractivity contribution in [2.24, 2.45) is 0 Å². The number of benzene rings is 2. The molecular formula is C28H36N4O2. The summed E-state index contributed by atoms with van der Waals surface area (Å²) in [6, 6.07) is 16.5. The van der Waals surface area contributed by atoms with Gasteiger partial charge in [-0.15, -0.1) is 0 Å². The van der Waals surface area contributed by atoms with Crippen LogP contribution in [0.1, 0.15) is 41.4 Å². The Morgan fingerprint density at radius 1 is 1.09 bits per heavy atom. The molecule has 1 aliphatic carbocycles. The number of aromatic amines is 1. The highest BCUT2D eigenvalue weighted by Gasteiger charge is 2.27. The third kappa shape index (κ3) is 4.84. The van der Waals surface area contributed by atoms with Crippen LogP contribution in [0, 0.1) is 0 Å². The number of aromatic hydroxyl groups is 1. The van der Waals surface area contributed by atoms with E-state index in [4.69, 9.17) is 0 Å². The van der Waals surface area contributed by atoms with E-state index >= 15 is 0 Å². The molecule has 34 heavy (non-hydrogen) atoms. The average molecular weight is 461 g/mol. The maximum atomic E-state index is 13.0. The fourth-order valence-corrected chi connectivity index (χ4v) is 5.65. The third-order valence-corrected chi connectivity index (χ3v) is 7.58. The summed E-state index contributed by atoms with van der Waals surface area (Å²) in [5.41, 5.74) is 4.15. The molecule has 1 fully saturated rings. The van der Waals surface area contributed by atoms with Gasteiger partial charge in [-0.25, -0.2) is 0 Å². The van der Waals surface area contributed by atoms with Crippen molar-refractivity contribution in [2.45, 2.75) is 38.6 Å². The Balaban J connectivity index is 1.14. The second kappa shape index (κ2) is 10.2. The zero-order valence-electron chi connectivity index (χ0n) is 20.2. The lowest BCUT2D eigenvalue weighted by atomic mass is 9.87. The van der Waals surface area contributed by atoms with Crippen LogP contribution >= 0.6 is 0 Å². The molecule has 0 unspecified atom stereocenters. The number of carbonyl (C=O) groups excluding carboxylic acids is 1. The molecule has 2 N–H and O–H groups in total. The summed E-state index contributed by atoms with van der Waals surface area (Å²) < 4.78 is 0. The molecule has 0 saturated carbocycles. The standard InChI is InChI=1S/C28H36N4O2/c1-2-12-31(23-10-11-24-21(19-23)7-5-9-27(24)33)16-13-30-14-17-32(18-15-30)28(34)26-20-22-6-3-4-8-25(22)29-26/h3-9,20,23,29,33H,2,10-19H2,1H3/t23-/m0/s1. The molecule has 1 atom stereocenters. The van der Waals surface area contributed by atoms with Crippen molar-refractivity contribution in [3.05, 3.63) is 65.4 Å². The number of phenols is 1. The van der Waals surface area contributed by atoms with E-state index in [1.165, 1.54) is 5.56 Å². The minimum Gasteiger partial charge on any atom is -0.508 e. The summed E-state index contributed by atoms with van der Waals surface area (Å²) >= 11 is 0. The molecule has 180 valence electrons. The van der Waals surface area contributed by atoms with Crippen molar-refractivity contribution in [1.82, 2.24) is 19.7 Å². The lowest BCUT2D eigenvalue weighted by Crippen LogP contribution is -2.51. The zero-order valence-corrected chi connectivity index (χ0v) is 20.2. The van der Waals surface area contributed by atoms with E-state index in [9.17, 15) is 9.90 Å². The molecule has 1 aromatic heterocycles. The van der Waals surface area contributed by atoms with E-state index in [0.29, 0.717) is 17.5 Å². The zero-order chi connectivity index (χ0) is 23.5. The Morgan fingerprint density at radius 2 is 1.91 bits per heavy atom. The number of nitrogens with one attached hydrogen (secondary N) is 1. The van der Waals surface area contributed by atoms with Gasteiger partial charge in [0.15, 0.2) is 0 Å². The Morgan fingerprint density at radius 3 is 2.71 bits per heavy atom. The van der Waals surface area contributed by atoms with Crippen LogP contribution < -0.4 is 0 Å². The van der Waals surface area contributed by atoms with E-state index < -0.39 is 0 Å². The molecule has 1 amide bonds. The van der Waals surface area contributed by atoms with Crippen LogP contribution in [0.25, 0.3) is 10.9 Å². The van der Waals surface area contributed by atoms with Crippen molar-refractivity contribution in [1.29, 1.82) is 0 Å². The number of amides is 1. The number of hydrogen-bond donors (Lipinski definition) is 2. The summed E-state index contributed by atoms with van der Waals surface area (Å²) in [6.07, 6.45) is 4.24. The van der Waals surface area contributed by atoms with E-state index in [2.05, 4.69) is 27.8 Å². The fourth-order valence-electron chi connectivity index (χ4n) is 5.65. The van der Waals surface area contributed by atoms with Gasteiger partial charge < -0.3 is 15.0 Å². The van der Waals surface area contributed by atoms with Crippen molar-refractivity contribution < 1.29 is 9.90 Å². The number of carbonyl (C=O) groups is 1. The number of phenolic OH excluding ortho intramolecular Hbond substituents is 1. The van der Waals surface area contributed by atoms with Gasteiger partial charge in [-0.05, 0) is 61.6 Å². The van der Waals surface area contributed by atoms with Crippen LogP contribution in [0.5, 0.6) is 5.75 Å². The number of H-pyrrole nitrogens is 1. The second-order valence-corrected chi connectivity index (χ2v) is 9.75. The molecule has 5 rings (SSSR count). The summed E-state index contributed by atoms with van der Waals surface area (Å²) in [4.78, 5) is 23.4. The van der Waals surface area contributed by atoms with Gasteiger partial charge in [0.2, 0.25) is 0 Å². The summed E-state index contributed by atoms with van der Waals surface area (Å²) in [5.74, 6) is 0.561. The van der Waals surface area contributed by atoms with Crippen LogP contribution in [-0.4, -0.2) is 82.6 Å². The van der Waals surface area contributed by atoms with E-state index in [1.54, 1.807) is 0 Å². The third-order valence-electron chi connectivity index (χ3n) is 7.58. The monoisotopic (exact) mass is 460 g/mol. The summed E-state index contributed by atoms with van der Waals surface area (Å²) in [7, 11) is 0. The van der Waals surface area contributed by atoms with Gasteiger partial charge in [-0.2, -0.15) is 0 Å². The topological polar surface area (TPSA) is 62.8 Å². The Kier molecular flexibility index (Phi) is 6.88. The van der Waals surface area contributed by atoms with Crippen LogP contribution in [-0.2, 0) is 12.8 Å². The molecule has 6 heteroatoms. The Hall–Kier alpha value is -2.83. The van der Waals surface area contributed by atoms with Gasteiger partial charge in [-0.3, -0.25) is 14.6 Å². The number of para-hydroxylation sites is 1. The van der Waals surface area contributed by atoms with Gasteiger partial charge in [0.1, 0.15) is 11.4 Å². The molecule has 2 aliphatic rings. The van der Waals surface area contributed by atoms with Gasteiger partial charge in [0, 0.05) is 56.2 Å².